The number of rotatable bonds is 6. The zero-order valence-corrected chi connectivity index (χ0v) is 15.8. The first-order valence-corrected chi connectivity index (χ1v) is 8.87. The van der Waals surface area contributed by atoms with E-state index in [2.05, 4.69) is 16.3 Å². The Morgan fingerprint density at radius 2 is 2.00 bits per heavy atom. The van der Waals surface area contributed by atoms with Gasteiger partial charge in [-0.15, -0.1) is 0 Å². The molecule has 0 aliphatic heterocycles. The number of methoxy groups -OCH3 is 1. The molecule has 1 aliphatic carbocycles. The minimum absolute atomic E-state index is 0.275. The fourth-order valence-electron chi connectivity index (χ4n) is 3.81. The van der Waals surface area contributed by atoms with Crippen LogP contribution in [-0.2, 0) is 16.0 Å². The highest BCUT2D eigenvalue weighted by Gasteiger charge is 2.62. The molecule has 0 bridgehead atoms. The van der Waals surface area contributed by atoms with Crippen molar-refractivity contribution < 1.29 is 19.4 Å². The smallest absolute Gasteiger partial charge is 0.399 e. The second kappa shape index (κ2) is 8.70. The van der Waals surface area contributed by atoms with Crippen LogP contribution in [0.5, 0.6) is 5.75 Å². The van der Waals surface area contributed by atoms with Crippen LogP contribution in [0.2, 0.25) is 0 Å². The van der Waals surface area contributed by atoms with Gasteiger partial charge in [-0.3, -0.25) is 4.79 Å². The van der Waals surface area contributed by atoms with E-state index in [1.165, 1.54) is 6.92 Å². The molecule has 0 aromatic heterocycles. The predicted molar refractivity (Wildman–Crippen MR) is 104 cm³/mol. The number of hydrogen-bond donors (Lipinski definition) is 1. The molecule has 2 rings (SSSR count). The first-order valence-electron chi connectivity index (χ1n) is 8.87. The van der Waals surface area contributed by atoms with Gasteiger partial charge in [0.15, 0.2) is 0 Å². The number of aliphatic hydroxyl groups excluding tert-OH is 1. The molecule has 0 saturated heterocycles. The van der Waals surface area contributed by atoms with E-state index < -0.39 is 29.6 Å². The first-order chi connectivity index (χ1) is 12.9. The number of aliphatic hydroxyl groups is 1. The van der Waals surface area contributed by atoms with Crippen LogP contribution in [0.15, 0.2) is 36.5 Å². The molecule has 1 fully saturated rings. The molecule has 1 saturated carbocycles. The van der Waals surface area contributed by atoms with Crippen LogP contribution in [0.3, 0.4) is 0 Å². The summed E-state index contributed by atoms with van der Waals surface area (Å²) in [5.41, 5.74) is 0.0821. The van der Waals surface area contributed by atoms with E-state index in [1.54, 1.807) is 7.11 Å². The van der Waals surface area contributed by atoms with Gasteiger partial charge in [-0.2, -0.15) is 0 Å². The van der Waals surface area contributed by atoms with Crippen molar-refractivity contribution in [3.8, 4) is 18.9 Å². The Hall–Kier alpha value is -2.83. The molecule has 0 heterocycles. The van der Waals surface area contributed by atoms with Crippen LogP contribution in [0.4, 0.5) is 0 Å². The fraction of sp³-hybridized carbons (Fsp3) is 0.476. The van der Waals surface area contributed by atoms with Gasteiger partial charge in [0.2, 0.25) is 0 Å². The Labute approximate surface area is 160 Å². The van der Waals surface area contributed by atoms with Gasteiger partial charge in [-0.25, -0.2) is 0 Å². The van der Waals surface area contributed by atoms with Crippen LogP contribution >= 0.6 is 0 Å². The van der Waals surface area contributed by atoms with E-state index in [1.807, 2.05) is 24.3 Å². The molecule has 1 aromatic carbocycles. The van der Waals surface area contributed by atoms with Crippen LogP contribution in [-0.4, -0.2) is 35.9 Å². The first kappa shape index (κ1) is 20.5. The Kier molecular flexibility index (Phi) is 6.60. The molecular formula is C21H26N2O4+2. The van der Waals surface area contributed by atoms with Gasteiger partial charge >= 0.3 is 17.2 Å². The third-order valence-electron chi connectivity index (χ3n) is 5.21. The fourth-order valence-corrected chi connectivity index (χ4v) is 3.81. The number of hydrogen-bond acceptors (Lipinski definition) is 4. The summed E-state index contributed by atoms with van der Waals surface area (Å²) in [5, 5.41) is 10.2. The van der Waals surface area contributed by atoms with E-state index in [-0.39, 0.29) is 5.70 Å². The lowest BCUT2D eigenvalue weighted by atomic mass is 9.68. The Morgan fingerprint density at radius 1 is 1.33 bits per heavy atom. The van der Waals surface area contributed by atoms with Crippen molar-refractivity contribution >= 4 is 5.97 Å². The lowest BCUT2D eigenvalue weighted by molar-refractivity contribution is -0.154. The van der Waals surface area contributed by atoms with E-state index >= 15 is 0 Å². The van der Waals surface area contributed by atoms with Gasteiger partial charge in [-0.1, -0.05) is 17.0 Å². The minimum Gasteiger partial charge on any atom is -0.497 e. The highest BCUT2D eigenvalue weighted by molar-refractivity contribution is 5.66. The van der Waals surface area contributed by atoms with Crippen LogP contribution in [0, 0.1) is 19.1 Å². The number of benzene rings is 1. The summed E-state index contributed by atoms with van der Waals surface area (Å²) in [6, 6.07) is 7.45. The second-order valence-electron chi connectivity index (χ2n) is 6.88. The maximum atomic E-state index is 11.6. The summed E-state index contributed by atoms with van der Waals surface area (Å²) in [5.74, 6) is -0.0774. The molecule has 1 unspecified atom stereocenters. The number of ether oxygens (including phenoxy) is 2. The number of carbonyl (C=O) groups is 1. The van der Waals surface area contributed by atoms with Gasteiger partial charge in [0, 0.05) is 6.92 Å². The summed E-state index contributed by atoms with van der Waals surface area (Å²) in [4.78, 5) is 19.5. The summed E-state index contributed by atoms with van der Waals surface area (Å²) in [6.07, 6.45) is 0.720. The molecule has 6 heteroatoms. The average molecular weight is 370 g/mol. The van der Waals surface area contributed by atoms with E-state index in [0.29, 0.717) is 25.7 Å². The maximum Gasteiger partial charge on any atom is 0.399 e. The molecule has 1 N–H and O–H groups in total. The molecule has 0 radical (unpaired) electrons. The molecule has 142 valence electrons. The summed E-state index contributed by atoms with van der Waals surface area (Å²) in [7, 11) is 1.59. The van der Waals surface area contributed by atoms with Crippen molar-refractivity contribution in [1.29, 1.82) is 0 Å². The Morgan fingerprint density at radius 3 is 2.52 bits per heavy atom. The topological polar surface area (TPSA) is 64.5 Å². The maximum absolute atomic E-state index is 11.6. The zero-order chi connectivity index (χ0) is 20.0. The largest absolute Gasteiger partial charge is 0.497 e. The van der Waals surface area contributed by atoms with Gasteiger partial charge in [-0.05, 0) is 48.4 Å². The van der Waals surface area contributed by atoms with Crippen molar-refractivity contribution in [2.75, 3.05) is 7.11 Å². The van der Waals surface area contributed by atoms with Crippen LogP contribution < -0.4 is 4.74 Å². The normalized spacial score (nSPS) is 24.0. The molecule has 6 nitrogen and oxygen atoms in total. The van der Waals surface area contributed by atoms with Crippen molar-refractivity contribution in [1.82, 2.24) is 0 Å². The standard InChI is InChI=1S/C21H26N2O4/c1-14(22-3)21(23-4,13-16-6-9-18(26-5)10-7-16)19-12-17(25)8-11-20(19)27-15(2)24/h3-4,6-7,9-10,17,19-20,25H,1,8,11-13H2,2,5H3/q+2/t17-,19-,20-,21?/m0/s1. The highest BCUT2D eigenvalue weighted by Crippen LogP contribution is 2.44. The van der Waals surface area contributed by atoms with E-state index in [4.69, 9.17) is 22.6 Å². The molecule has 0 amide bonds. The third-order valence-corrected chi connectivity index (χ3v) is 5.21. The third kappa shape index (κ3) is 4.48. The lowest BCUT2D eigenvalue weighted by Crippen LogP contribution is -2.49. The van der Waals surface area contributed by atoms with Crippen molar-refractivity contribution in [2.45, 2.75) is 50.4 Å². The highest BCUT2D eigenvalue weighted by atomic mass is 16.5. The van der Waals surface area contributed by atoms with E-state index in [9.17, 15) is 9.90 Å². The van der Waals surface area contributed by atoms with E-state index in [0.717, 1.165) is 11.3 Å². The van der Waals surface area contributed by atoms with Gasteiger partial charge < -0.3 is 14.6 Å². The minimum atomic E-state index is -1.11. The average Bonchev–Trinajstić information content (AvgIpc) is 2.67. The van der Waals surface area contributed by atoms with Crippen LogP contribution in [0.1, 0.15) is 31.7 Å². The van der Waals surface area contributed by atoms with Gasteiger partial charge in [0.25, 0.3) is 13.1 Å². The molecular weight excluding hydrogens is 344 g/mol. The number of carbonyl (C=O) groups excluding carboxylic acids is 1. The van der Waals surface area contributed by atoms with Crippen LogP contribution in [0.25, 0.3) is 9.69 Å². The summed E-state index contributed by atoms with van der Waals surface area (Å²) >= 11 is 0. The molecule has 4 atom stereocenters. The SMILES string of the molecule is C#[N+]C(=C)C(Cc1ccc(OC)cc1)([N+]#C)[C@H]1C[C@@H](O)CC[C@@H]1OC(C)=O. The second-order valence-corrected chi connectivity index (χ2v) is 6.88. The molecule has 27 heavy (non-hydrogen) atoms. The Balaban J connectivity index is 2.46. The van der Waals surface area contributed by atoms with Crippen molar-refractivity contribution in [2.24, 2.45) is 5.92 Å². The molecule has 1 aliphatic rings. The van der Waals surface area contributed by atoms with Crippen molar-refractivity contribution in [3.05, 3.63) is 51.8 Å². The van der Waals surface area contributed by atoms with Gasteiger partial charge in [0.1, 0.15) is 11.9 Å². The summed E-state index contributed by atoms with van der Waals surface area (Å²) < 4.78 is 10.7. The number of nitrogens with zero attached hydrogens (tertiary/aromatic N) is 2. The zero-order valence-electron chi connectivity index (χ0n) is 15.8. The quantitative estimate of drug-likeness (QED) is 0.779. The molecule has 0 spiro atoms. The van der Waals surface area contributed by atoms with Crippen molar-refractivity contribution in [3.63, 3.8) is 0 Å². The van der Waals surface area contributed by atoms with Gasteiger partial charge in [0.05, 0.1) is 25.6 Å². The monoisotopic (exact) mass is 370 g/mol. The Bertz CT molecular complexity index is 775. The number of esters is 1. The molecule has 1 aromatic rings. The predicted octanol–water partition coefficient (Wildman–Crippen LogP) is 3.51. The lowest BCUT2D eigenvalue weighted by Gasteiger charge is -2.35. The summed E-state index contributed by atoms with van der Waals surface area (Å²) in [6.45, 7) is 16.7.